The molecule has 160 valence electrons. The molecule has 0 spiro atoms. The molecular formula is C19H40IN5O2. The van der Waals surface area contributed by atoms with Gasteiger partial charge >= 0.3 is 6.09 Å². The van der Waals surface area contributed by atoms with E-state index in [0.717, 1.165) is 58.2 Å². The molecule has 0 unspecified atom stereocenters. The Bertz CT molecular complexity index is 464. The number of hydrogen-bond donors (Lipinski definition) is 2. The molecule has 1 aliphatic heterocycles. The highest BCUT2D eigenvalue weighted by molar-refractivity contribution is 14.0. The summed E-state index contributed by atoms with van der Waals surface area (Å²) in [5.41, 5.74) is -0.434. The van der Waals surface area contributed by atoms with Gasteiger partial charge in [0.2, 0.25) is 0 Å². The van der Waals surface area contributed by atoms with Crippen molar-refractivity contribution in [2.45, 2.75) is 66.0 Å². The zero-order valence-electron chi connectivity index (χ0n) is 18.2. The van der Waals surface area contributed by atoms with Crippen molar-refractivity contribution in [2.75, 3.05) is 45.8 Å². The van der Waals surface area contributed by atoms with Crippen LogP contribution in [0.5, 0.6) is 0 Å². The molecule has 1 heterocycles. The SMILES string of the molecule is CCNC(=NCCCN1CCN(C(=O)OC(C)(C)C)CC1)NC(C)(C)C.I. The maximum absolute atomic E-state index is 12.1. The average molecular weight is 497 g/mol. The van der Waals surface area contributed by atoms with Gasteiger partial charge in [0.05, 0.1) is 0 Å². The molecule has 7 nitrogen and oxygen atoms in total. The number of halogens is 1. The second kappa shape index (κ2) is 11.9. The Morgan fingerprint density at radius 2 is 1.67 bits per heavy atom. The molecule has 0 radical (unpaired) electrons. The van der Waals surface area contributed by atoms with E-state index in [1.165, 1.54) is 0 Å². The van der Waals surface area contributed by atoms with Crippen LogP contribution in [0, 0.1) is 0 Å². The summed E-state index contributed by atoms with van der Waals surface area (Å²) in [6.45, 7) is 20.0. The van der Waals surface area contributed by atoms with E-state index in [1.54, 1.807) is 4.90 Å². The molecule has 1 amide bonds. The van der Waals surface area contributed by atoms with Gasteiger partial charge in [0.1, 0.15) is 5.60 Å². The Hall–Kier alpha value is -0.770. The first kappa shape index (κ1) is 26.2. The van der Waals surface area contributed by atoms with Crippen molar-refractivity contribution in [3.63, 3.8) is 0 Å². The van der Waals surface area contributed by atoms with Crippen molar-refractivity contribution < 1.29 is 9.53 Å². The zero-order chi connectivity index (χ0) is 19.8. The summed E-state index contributed by atoms with van der Waals surface area (Å²) in [7, 11) is 0. The number of amides is 1. The summed E-state index contributed by atoms with van der Waals surface area (Å²) >= 11 is 0. The van der Waals surface area contributed by atoms with Gasteiger partial charge in [0.15, 0.2) is 5.96 Å². The maximum Gasteiger partial charge on any atom is 0.410 e. The van der Waals surface area contributed by atoms with E-state index in [1.807, 2.05) is 20.8 Å². The highest BCUT2D eigenvalue weighted by atomic mass is 127. The van der Waals surface area contributed by atoms with Crippen molar-refractivity contribution in [1.29, 1.82) is 0 Å². The topological polar surface area (TPSA) is 69.2 Å². The summed E-state index contributed by atoms with van der Waals surface area (Å²) < 4.78 is 5.44. The van der Waals surface area contributed by atoms with Gasteiger partial charge in [0.25, 0.3) is 0 Å². The minimum absolute atomic E-state index is 0. The number of guanidine groups is 1. The van der Waals surface area contributed by atoms with E-state index in [0.29, 0.717) is 0 Å². The van der Waals surface area contributed by atoms with Crippen LogP contribution in [0.15, 0.2) is 4.99 Å². The van der Waals surface area contributed by atoms with Gasteiger partial charge in [0, 0.05) is 51.4 Å². The number of nitrogens with one attached hydrogen (secondary N) is 2. The van der Waals surface area contributed by atoms with Crippen LogP contribution in [0.2, 0.25) is 0 Å². The Morgan fingerprint density at radius 1 is 1.07 bits per heavy atom. The molecule has 1 saturated heterocycles. The van der Waals surface area contributed by atoms with Crippen LogP contribution in [0.25, 0.3) is 0 Å². The fourth-order valence-electron chi connectivity index (χ4n) is 2.63. The third-order valence-corrected chi connectivity index (χ3v) is 3.76. The first-order valence-corrected chi connectivity index (χ1v) is 9.77. The molecule has 0 saturated carbocycles. The summed E-state index contributed by atoms with van der Waals surface area (Å²) in [5.74, 6) is 0.870. The fraction of sp³-hybridized carbons (Fsp3) is 0.895. The minimum Gasteiger partial charge on any atom is -0.444 e. The highest BCUT2D eigenvalue weighted by Crippen LogP contribution is 2.12. The molecule has 27 heavy (non-hydrogen) atoms. The lowest BCUT2D eigenvalue weighted by atomic mass is 10.1. The third-order valence-electron chi connectivity index (χ3n) is 3.76. The van der Waals surface area contributed by atoms with E-state index in [-0.39, 0.29) is 35.6 Å². The third kappa shape index (κ3) is 12.3. The lowest BCUT2D eigenvalue weighted by Crippen LogP contribution is -2.50. The largest absolute Gasteiger partial charge is 0.444 e. The van der Waals surface area contributed by atoms with E-state index in [9.17, 15) is 4.79 Å². The van der Waals surface area contributed by atoms with Crippen LogP contribution in [-0.2, 0) is 4.74 Å². The second-order valence-corrected chi connectivity index (χ2v) is 8.80. The monoisotopic (exact) mass is 497 g/mol. The molecule has 1 aliphatic rings. The molecule has 1 fully saturated rings. The second-order valence-electron chi connectivity index (χ2n) is 8.80. The summed E-state index contributed by atoms with van der Waals surface area (Å²) in [5, 5.41) is 6.68. The van der Waals surface area contributed by atoms with Gasteiger partial charge < -0.3 is 20.3 Å². The van der Waals surface area contributed by atoms with E-state index < -0.39 is 5.60 Å². The predicted molar refractivity (Wildman–Crippen MR) is 123 cm³/mol. The highest BCUT2D eigenvalue weighted by Gasteiger charge is 2.25. The summed E-state index contributed by atoms with van der Waals surface area (Å²) in [6.07, 6.45) is 0.804. The lowest BCUT2D eigenvalue weighted by Gasteiger charge is -2.35. The Labute approximate surface area is 182 Å². The molecule has 0 bridgehead atoms. The van der Waals surface area contributed by atoms with Crippen LogP contribution in [0.1, 0.15) is 54.9 Å². The van der Waals surface area contributed by atoms with Gasteiger partial charge in [-0.3, -0.25) is 9.89 Å². The van der Waals surface area contributed by atoms with Crippen molar-refractivity contribution in [1.82, 2.24) is 20.4 Å². The van der Waals surface area contributed by atoms with Gasteiger partial charge in [-0.15, -0.1) is 24.0 Å². The number of carbonyl (C=O) groups is 1. The molecular weight excluding hydrogens is 457 g/mol. The van der Waals surface area contributed by atoms with Crippen molar-refractivity contribution in [3.05, 3.63) is 0 Å². The minimum atomic E-state index is -0.433. The van der Waals surface area contributed by atoms with E-state index in [4.69, 9.17) is 4.74 Å². The molecule has 1 rings (SSSR count). The van der Waals surface area contributed by atoms with Crippen LogP contribution in [0.4, 0.5) is 4.79 Å². The number of nitrogens with zero attached hydrogens (tertiary/aromatic N) is 3. The Kier molecular flexibility index (Phi) is 11.6. The first-order chi connectivity index (χ1) is 12.0. The number of ether oxygens (including phenoxy) is 1. The Morgan fingerprint density at radius 3 is 2.15 bits per heavy atom. The Balaban J connectivity index is 0.00000676. The van der Waals surface area contributed by atoms with Gasteiger partial charge in [-0.2, -0.15) is 0 Å². The van der Waals surface area contributed by atoms with Crippen LogP contribution in [-0.4, -0.2) is 78.8 Å². The maximum atomic E-state index is 12.1. The molecule has 0 atom stereocenters. The van der Waals surface area contributed by atoms with Crippen molar-refractivity contribution >= 4 is 36.0 Å². The molecule has 0 aromatic rings. The number of hydrogen-bond acceptors (Lipinski definition) is 4. The number of piperazine rings is 1. The van der Waals surface area contributed by atoms with Crippen molar-refractivity contribution in [3.8, 4) is 0 Å². The van der Waals surface area contributed by atoms with E-state index >= 15 is 0 Å². The number of carbonyl (C=O) groups excluding carboxylic acids is 1. The number of rotatable bonds is 5. The standard InChI is InChI=1S/C19H39N5O2.HI/c1-8-20-16(22-18(2,3)4)21-10-9-11-23-12-14-24(15-13-23)17(25)26-19(5,6)7;/h8-15H2,1-7H3,(H2,20,21,22);1H. The summed E-state index contributed by atoms with van der Waals surface area (Å²) in [6, 6.07) is 0. The van der Waals surface area contributed by atoms with Gasteiger partial charge in [-0.1, -0.05) is 0 Å². The van der Waals surface area contributed by atoms with Crippen LogP contribution < -0.4 is 10.6 Å². The van der Waals surface area contributed by atoms with E-state index in [2.05, 4.69) is 48.2 Å². The quantitative estimate of drug-likeness (QED) is 0.265. The smallest absolute Gasteiger partial charge is 0.410 e. The fourth-order valence-corrected chi connectivity index (χ4v) is 2.63. The molecule has 8 heteroatoms. The molecule has 0 aromatic carbocycles. The zero-order valence-corrected chi connectivity index (χ0v) is 20.6. The molecule has 0 aromatic heterocycles. The number of aliphatic imine (C=N–C) groups is 1. The van der Waals surface area contributed by atoms with Crippen molar-refractivity contribution in [2.24, 2.45) is 4.99 Å². The normalized spacial score (nSPS) is 16.6. The summed E-state index contributed by atoms with van der Waals surface area (Å²) in [4.78, 5) is 20.9. The molecule has 2 N–H and O–H groups in total. The first-order valence-electron chi connectivity index (χ1n) is 9.77. The molecule has 0 aliphatic carbocycles. The van der Waals surface area contributed by atoms with Crippen LogP contribution in [0.3, 0.4) is 0 Å². The van der Waals surface area contributed by atoms with Gasteiger partial charge in [-0.25, -0.2) is 4.79 Å². The van der Waals surface area contributed by atoms with Gasteiger partial charge in [-0.05, 0) is 54.9 Å². The predicted octanol–water partition coefficient (Wildman–Crippen LogP) is 2.90. The lowest BCUT2D eigenvalue weighted by molar-refractivity contribution is 0.0145. The van der Waals surface area contributed by atoms with Crippen LogP contribution >= 0.6 is 24.0 Å². The average Bonchev–Trinajstić information content (AvgIpc) is 2.49.